The van der Waals surface area contributed by atoms with Crippen molar-refractivity contribution in [1.82, 2.24) is 4.98 Å². The first kappa shape index (κ1) is 20.7. The van der Waals surface area contributed by atoms with Crippen molar-refractivity contribution in [3.63, 3.8) is 0 Å². The third-order valence-electron chi connectivity index (χ3n) is 5.91. The second-order valence-corrected chi connectivity index (χ2v) is 8.74. The van der Waals surface area contributed by atoms with Gasteiger partial charge in [-0.15, -0.1) is 0 Å². The molecular formula is C28H22BrNO2. The lowest BCUT2D eigenvalue weighted by Gasteiger charge is -2.27. The molecular weight excluding hydrogens is 462 g/mol. The van der Waals surface area contributed by atoms with Gasteiger partial charge in [0.15, 0.2) is 0 Å². The number of hydrogen-bond acceptors (Lipinski definition) is 3. The van der Waals surface area contributed by atoms with Crippen LogP contribution in [0.3, 0.4) is 0 Å². The first-order valence-corrected chi connectivity index (χ1v) is 11.3. The van der Waals surface area contributed by atoms with Crippen molar-refractivity contribution in [3.05, 3.63) is 118 Å². The van der Waals surface area contributed by atoms with E-state index in [-0.39, 0.29) is 5.92 Å². The number of aliphatic hydroxyl groups is 1. The van der Waals surface area contributed by atoms with E-state index < -0.39 is 6.10 Å². The number of fused-ring (bicyclic) bond motifs is 2. The van der Waals surface area contributed by atoms with Crippen LogP contribution in [-0.4, -0.2) is 17.2 Å². The van der Waals surface area contributed by atoms with Crippen LogP contribution in [0.1, 0.15) is 28.7 Å². The van der Waals surface area contributed by atoms with E-state index in [0.717, 1.165) is 42.8 Å². The van der Waals surface area contributed by atoms with Crippen molar-refractivity contribution in [3.8, 4) is 5.88 Å². The van der Waals surface area contributed by atoms with E-state index in [4.69, 9.17) is 9.72 Å². The van der Waals surface area contributed by atoms with Crippen molar-refractivity contribution >= 4 is 37.6 Å². The number of ether oxygens (including phenoxy) is 1. The van der Waals surface area contributed by atoms with Crippen molar-refractivity contribution < 1.29 is 9.84 Å². The minimum atomic E-state index is -0.788. The summed E-state index contributed by atoms with van der Waals surface area (Å²) in [5.41, 5.74) is 3.58. The van der Waals surface area contributed by atoms with Gasteiger partial charge in [0.1, 0.15) is 0 Å². The van der Waals surface area contributed by atoms with Crippen LogP contribution in [0.5, 0.6) is 5.88 Å². The van der Waals surface area contributed by atoms with Gasteiger partial charge in [0, 0.05) is 21.3 Å². The van der Waals surface area contributed by atoms with Gasteiger partial charge in [-0.3, -0.25) is 0 Å². The molecule has 2 atom stereocenters. The molecule has 0 saturated carbocycles. The molecule has 0 amide bonds. The Morgan fingerprint density at radius 1 is 0.781 bits per heavy atom. The first-order chi connectivity index (χ1) is 15.7. The van der Waals surface area contributed by atoms with E-state index in [1.165, 1.54) is 0 Å². The number of methoxy groups -OCH3 is 1. The fourth-order valence-corrected chi connectivity index (χ4v) is 4.79. The molecule has 0 spiro atoms. The summed E-state index contributed by atoms with van der Waals surface area (Å²) >= 11 is 3.56. The molecule has 1 heterocycles. The summed E-state index contributed by atoms with van der Waals surface area (Å²) in [6, 6.07) is 32.3. The van der Waals surface area contributed by atoms with E-state index in [2.05, 4.69) is 40.2 Å². The number of pyridine rings is 1. The number of halogens is 1. The summed E-state index contributed by atoms with van der Waals surface area (Å²) in [6.07, 6.45) is -0.788. The molecule has 5 aromatic rings. The highest BCUT2D eigenvalue weighted by molar-refractivity contribution is 9.10. The zero-order valence-electron chi connectivity index (χ0n) is 17.6. The lowest BCUT2D eigenvalue weighted by Crippen LogP contribution is -2.15. The molecule has 0 saturated heterocycles. The van der Waals surface area contributed by atoms with E-state index in [9.17, 15) is 5.11 Å². The monoisotopic (exact) mass is 483 g/mol. The highest BCUT2D eigenvalue weighted by Gasteiger charge is 2.29. The van der Waals surface area contributed by atoms with E-state index >= 15 is 0 Å². The molecule has 5 rings (SSSR count). The fraction of sp³-hybridized carbons (Fsp3) is 0.107. The molecule has 158 valence electrons. The zero-order chi connectivity index (χ0) is 22.1. The van der Waals surface area contributed by atoms with Gasteiger partial charge < -0.3 is 9.84 Å². The van der Waals surface area contributed by atoms with E-state index in [1.807, 2.05) is 72.8 Å². The molecule has 0 radical (unpaired) electrons. The smallest absolute Gasteiger partial charge is 0.217 e. The Bertz CT molecular complexity index is 1400. The topological polar surface area (TPSA) is 42.4 Å². The zero-order valence-corrected chi connectivity index (χ0v) is 19.2. The molecule has 0 aliphatic rings. The number of rotatable bonds is 5. The van der Waals surface area contributed by atoms with Gasteiger partial charge in [-0.2, -0.15) is 0 Å². The van der Waals surface area contributed by atoms with Gasteiger partial charge in [0.05, 0.1) is 18.7 Å². The number of benzene rings is 4. The SMILES string of the molecule is COc1nc2ccc(Br)cc2cc1C(c1ccccc1)C(O)c1cccc2ccccc12. The molecule has 0 aliphatic carbocycles. The van der Waals surface area contributed by atoms with Crippen molar-refractivity contribution in [1.29, 1.82) is 0 Å². The largest absolute Gasteiger partial charge is 0.481 e. The van der Waals surface area contributed by atoms with Crippen LogP contribution < -0.4 is 4.74 Å². The predicted octanol–water partition coefficient (Wildman–Crippen LogP) is 7.02. The Morgan fingerprint density at radius 2 is 1.53 bits per heavy atom. The molecule has 0 bridgehead atoms. The highest BCUT2D eigenvalue weighted by atomic mass is 79.9. The average Bonchev–Trinajstić information content (AvgIpc) is 2.84. The average molecular weight is 484 g/mol. The summed E-state index contributed by atoms with van der Waals surface area (Å²) < 4.78 is 6.71. The lowest BCUT2D eigenvalue weighted by molar-refractivity contribution is 0.159. The maximum atomic E-state index is 11.8. The maximum Gasteiger partial charge on any atom is 0.217 e. The molecule has 3 nitrogen and oxygen atoms in total. The van der Waals surface area contributed by atoms with Gasteiger partial charge in [-0.05, 0) is 46.2 Å². The Labute approximate surface area is 195 Å². The molecule has 4 aromatic carbocycles. The number of aromatic nitrogens is 1. The van der Waals surface area contributed by atoms with Gasteiger partial charge in [-0.1, -0.05) is 88.7 Å². The standard InChI is InChI=1S/C28H22BrNO2/c1-32-28-24(17-20-16-21(29)14-15-25(20)30-28)26(19-9-3-2-4-10-19)27(31)23-13-7-11-18-8-5-6-12-22(18)23/h2-17,26-27,31H,1H3. The van der Waals surface area contributed by atoms with Gasteiger partial charge in [-0.25, -0.2) is 4.98 Å². The molecule has 0 fully saturated rings. The van der Waals surface area contributed by atoms with Crippen LogP contribution in [0.15, 0.2) is 102 Å². The van der Waals surface area contributed by atoms with E-state index in [0.29, 0.717) is 5.88 Å². The summed E-state index contributed by atoms with van der Waals surface area (Å²) in [5, 5.41) is 15.0. The van der Waals surface area contributed by atoms with Gasteiger partial charge >= 0.3 is 0 Å². The van der Waals surface area contributed by atoms with Crippen LogP contribution in [0, 0.1) is 0 Å². The Balaban J connectivity index is 1.75. The Kier molecular flexibility index (Phi) is 5.64. The molecule has 4 heteroatoms. The van der Waals surface area contributed by atoms with Crippen LogP contribution in [0.25, 0.3) is 21.7 Å². The lowest BCUT2D eigenvalue weighted by atomic mass is 9.82. The molecule has 2 unspecified atom stereocenters. The fourth-order valence-electron chi connectivity index (χ4n) is 4.41. The molecule has 32 heavy (non-hydrogen) atoms. The summed E-state index contributed by atoms with van der Waals surface area (Å²) in [4.78, 5) is 4.77. The molecule has 1 aromatic heterocycles. The van der Waals surface area contributed by atoms with Gasteiger partial charge in [0.2, 0.25) is 5.88 Å². The van der Waals surface area contributed by atoms with Crippen LogP contribution in [0.4, 0.5) is 0 Å². The minimum absolute atomic E-state index is 0.354. The number of nitrogens with zero attached hydrogens (tertiary/aromatic N) is 1. The van der Waals surface area contributed by atoms with Crippen molar-refractivity contribution in [2.75, 3.05) is 7.11 Å². The maximum absolute atomic E-state index is 11.8. The second kappa shape index (κ2) is 8.73. The predicted molar refractivity (Wildman–Crippen MR) is 133 cm³/mol. The molecule has 1 N–H and O–H groups in total. The van der Waals surface area contributed by atoms with Crippen LogP contribution in [0.2, 0.25) is 0 Å². The van der Waals surface area contributed by atoms with E-state index in [1.54, 1.807) is 7.11 Å². The third-order valence-corrected chi connectivity index (χ3v) is 6.41. The summed E-state index contributed by atoms with van der Waals surface area (Å²) in [6.45, 7) is 0. The number of aliphatic hydroxyl groups excluding tert-OH is 1. The van der Waals surface area contributed by atoms with Crippen molar-refractivity contribution in [2.24, 2.45) is 0 Å². The summed E-state index contributed by atoms with van der Waals surface area (Å²) in [5.74, 6) is 0.167. The Hall–Kier alpha value is -3.21. The third kappa shape index (κ3) is 3.77. The van der Waals surface area contributed by atoms with Crippen LogP contribution in [-0.2, 0) is 0 Å². The van der Waals surface area contributed by atoms with Crippen LogP contribution >= 0.6 is 15.9 Å². The normalized spacial score (nSPS) is 13.2. The second-order valence-electron chi connectivity index (χ2n) is 7.83. The Morgan fingerprint density at radius 3 is 2.34 bits per heavy atom. The summed E-state index contributed by atoms with van der Waals surface area (Å²) in [7, 11) is 1.63. The molecule has 0 aliphatic heterocycles. The number of hydrogen-bond donors (Lipinski definition) is 1. The quantitative estimate of drug-likeness (QED) is 0.291. The first-order valence-electron chi connectivity index (χ1n) is 10.5. The minimum Gasteiger partial charge on any atom is -0.481 e. The van der Waals surface area contributed by atoms with Gasteiger partial charge in [0.25, 0.3) is 0 Å². The van der Waals surface area contributed by atoms with Crippen molar-refractivity contribution in [2.45, 2.75) is 12.0 Å². The highest BCUT2D eigenvalue weighted by Crippen LogP contribution is 2.43.